The Morgan fingerprint density at radius 3 is 1.86 bits per heavy atom. The van der Waals surface area contributed by atoms with Crippen molar-refractivity contribution in [3.8, 4) is 11.5 Å². The van der Waals surface area contributed by atoms with Gasteiger partial charge in [0.25, 0.3) is 0 Å². The Hall–Kier alpha value is -0.900. The standard InChI is InChI=1S/C29H47IO6/c1-5-9-17-32-21-24-26(31)28(36-23-15-13-22(14-16-23)33-18-10-6-2)25(30)29(35-20-12-8-4)27(24)34-19-11-7-3/h13-16,24-25,27-29H,5-12,17-21H2,1-4H3/t24-,25-,27+,28-,29+/m0/s1. The van der Waals surface area contributed by atoms with E-state index >= 15 is 0 Å². The molecule has 0 N–H and O–H groups in total. The number of ketones is 1. The van der Waals surface area contributed by atoms with Gasteiger partial charge in [-0.3, -0.25) is 4.79 Å². The Labute approximate surface area is 232 Å². The first-order valence-corrected chi connectivity index (χ1v) is 15.2. The minimum Gasteiger partial charge on any atom is -0.494 e. The summed E-state index contributed by atoms with van der Waals surface area (Å²) in [5.74, 6) is 1.08. The molecule has 1 aromatic rings. The molecule has 7 heteroatoms. The molecule has 1 aliphatic rings. The molecule has 0 spiro atoms. The molecular formula is C29H47IO6. The molecule has 0 amide bonds. The molecule has 1 aromatic carbocycles. The maximum absolute atomic E-state index is 13.8. The number of ether oxygens (including phenoxy) is 5. The predicted octanol–water partition coefficient (Wildman–Crippen LogP) is 6.80. The van der Waals surface area contributed by atoms with Crippen LogP contribution in [0.25, 0.3) is 0 Å². The zero-order valence-corrected chi connectivity index (χ0v) is 24.9. The summed E-state index contributed by atoms with van der Waals surface area (Å²) in [5.41, 5.74) is 0. The lowest BCUT2D eigenvalue weighted by molar-refractivity contribution is -0.165. The fourth-order valence-corrected chi connectivity index (χ4v) is 5.21. The lowest BCUT2D eigenvalue weighted by Crippen LogP contribution is -2.61. The number of benzene rings is 1. The lowest BCUT2D eigenvalue weighted by atomic mass is 9.81. The number of hydrogen-bond acceptors (Lipinski definition) is 6. The zero-order valence-electron chi connectivity index (χ0n) is 22.7. The minimum atomic E-state index is -0.630. The van der Waals surface area contributed by atoms with Crippen molar-refractivity contribution in [2.24, 2.45) is 5.92 Å². The van der Waals surface area contributed by atoms with Crippen molar-refractivity contribution in [2.75, 3.05) is 33.0 Å². The van der Waals surface area contributed by atoms with Crippen LogP contribution < -0.4 is 9.47 Å². The average Bonchev–Trinajstić information content (AvgIpc) is 2.88. The quantitative estimate of drug-likeness (QED) is 0.0966. The molecule has 206 valence electrons. The molecular weight excluding hydrogens is 571 g/mol. The van der Waals surface area contributed by atoms with E-state index in [0.717, 1.165) is 57.1 Å². The third kappa shape index (κ3) is 10.1. The van der Waals surface area contributed by atoms with Crippen molar-refractivity contribution in [1.29, 1.82) is 0 Å². The Kier molecular flexibility index (Phi) is 16.0. The second kappa shape index (κ2) is 18.4. The topological polar surface area (TPSA) is 63.2 Å². The lowest BCUT2D eigenvalue weighted by Gasteiger charge is -2.43. The van der Waals surface area contributed by atoms with Gasteiger partial charge in [-0.2, -0.15) is 0 Å². The van der Waals surface area contributed by atoms with Crippen molar-refractivity contribution in [1.82, 2.24) is 0 Å². The second-order valence-corrected chi connectivity index (χ2v) is 10.9. The molecule has 1 fully saturated rings. The predicted molar refractivity (Wildman–Crippen MR) is 153 cm³/mol. The van der Waals surface area contributed by atoms with Gasteiger partial charge in [0.2, 0.25) is 0 Å². The minimum absolute atomic E-state index is 0.0333. The van der Waals surface area contributed by atoms with Crippen LogP contribution in [0.2, 0.25) is 0 Å². The highest BCUT2D eigenvalue weighted by Gasteiger charge is 2.52. The fourth-order valence-electron chi connectivity index (χ4n) is 4.09. The van der Waals surface area contributed by atoms with Gasteiger partial charge in [-0.25, -0.2) is 0 Å². The van der Waals surface area contributed by atoms with Gasteiger partial charge in [0.05, 0.1) is 29.2 Å². The summed E-state index contributed by atoms with van der Waals surface area (Å²) >= 11 is 2.32. The third-order valence-electron chi connectivity index (χ3n) is 6.38. The second-order valence-electron chi connectivity index (χ2n) is 9.47. The molecule has 0 aliphatic heterocycles. The van der Waals surface area contributed by atoms with Crippen LogP contribution in [-0.4, -0.2) is 61.1 Å². The van der Waals surface area contributed by atoms with Gasteiger partial charge in [-0.15, -0.1) is 0 Å². The fraction of sp³-hybridized carbons (Fsp3) is 0.759. The van der Waals surface area contributed by atoms with Gasteiger partial charge in [0, 0.05) is 19.8 Å². The summed E-state index contributed by atoms with van der Waals surface area (Å²) in [5, 5.41) is 0. The summed E-state index contributed by atoms with van der Waals surface area (Å²) in [6.07, 6.45) is 6.95. The van der Waals surface area contributed by atoms with E-state index in [-0.39, 0.29) is 21.9 Å². The van der Waals surface area contributed by atoms with Crippen molar-refractivity contribution >= 4 is 28.4 Å². The Bertz CT molecular complexity index is 712. The van der Waals surface area contributed by atoms with Crippen molar-refractivity contribution in [3.05, 3.63) is 24.3 Å². The molecule has 1 saturated carbocycles. The number of carbonyl (C=O) groups is 1. The molecule has 0 radical (unpaired) electrons. The number of alkyl halides is 1. The summed E-state index contributed by atoms with van der Waals surface area (Å²) < 4.78 is 30.6. The van der Waals surface area contributed by atoms with Gasteiger partial charge >= 0.3 is 0 Å². The molecule has 0 saturated heterocycles. The molecule has 0 aromatic heterocycles. The first-order valence-electron chi connectivity index (χ1n) is 13.9. The third-order valence-corrected chi connectivity index (χ3v) is 7.74. The molecule has 6 nitrogen and oxygen atoms in total. The van der Waals surface area contributed by atoms with E-state index in [4.69, 9.17) is 23.7 Å². The number of rotatable bonds is 19. The van der Waals surface area contributed by atoms with Crippen LogP contribution in [0.15, 0.2) is 24.3 Å². The first kappa shape index (κ1) is 31.3. The maximum atomic E-state index is 13.8. The number of unbranched alkanes of at least 4 members (excludes halogenated alkanes) is 4. The van der Waals surface area contributed by atoms with E-state index in [9.17, 15) is 4.79 Å². The molecule has 1 aliphatic carbocycles. The highest BCUT2D eigenvalue weighted by molar-refractivity contribution is 14.1. The average molecular weight is 619 g/mol. The molecule has 5 atom stereocenters. The Morgan fingerprint density at radius 1 is 0.722 bits per heavy atom. The molecule has 0 heterocycles. The first-order chi connectivity index (χ1) is 17.6. The molecule has 2 rings (SSSR count). The van der Waals surface area contributed by atoms with Crippen molar-refractivity contribution in [3.63, 3.8) is 0 Å². The van der Waals surface area contributed by atoms with Gasteiger partial charge in [-0.05, 0) is 49.9 Å². The number of carbonyl (C=O) groups excluding carboxylic acids is 1. The highest BCUT2D eigenvalue weighted by atomic mass is 127. The van der Waals surface area contributed by atoms with Gasteiger partial charge < -0.3 is 23.7 Å². The zero-order chi connectivity index (χ0) is 26.2. The molecule has 36 heavy (non-hydrogen) atoms. The molecule has 0 bridgehead atoms. The van der Waals surface area contributed by atoms with E-state index in [0.29, 0.717) is 38.8 Å². The van der Waals surface area contributed by atoms with E-state index < -0.39 is 12.0 Å². The number of Topliss-reactive ketones (excluding diaryl/α,β-unsaturated/α-hetero) is 1. The molecule has 0 unspecified atom stereocenters. The van der Waals surface area contributed by atoms with Crippen LogP contribution in [0.1, 0.15) is 79.1 Å². The highest BCUT2D eigenvalue weighted by Crippen LogP contribution is 2.35. The van der Waals surface area contributed by atoms with Crippen molar-refractivity contribution < 1.29 is 28.5 Å². The monoisotopic (exact) mass is 618 g/mol. The maximum Gasteiger partial charge on any atom is 0.182 e. The largest absolute Gasteiger partial charge is 0.494 e. The summed E-state index contributed by atoms with van der Waals surface area (Å²) in [4.78, 5) is 13.8. The van der Waals surface area contributed by atoms with E-state index in [1.807, 2.05) is 24.3 Å². The van der Waals surface area contributed by atoms with Crippen LogP contribution in [0.4, 0.5) is 0 Å². The van der Waals surface area contributed by atoms with Crippen LogP contribution in [0, 0.1) is 5.92 Å². The van der Waals surface area contributed by atoms with Crippen LogP contribution >= 0.6 is 22.6 Å². The van der Waals surface area contributed by atoms with Crippen LogP contribution in [0.3, 0.4) is 0 Å². The van der Waals surface area contributed by atoms with Gasteiger partial charge in [0.15, 0.2) is 11.9 Å². The summed E-state index contributed by atoms with van der Waals surface area (Å²) in [6, 6.07) is 7.55. The van der Waals surface area contributed by atoms with E-state index in [2.05, 4.69) is 50.3 Å². The van der Waals surface area contributed by atoms with Crippen molar-refractivity contribution in [2.45, 2.75) is 101 Å². The number of hydrogen-bond donors (Lipinski definition) is 0. The van der Waals surface area contributed by atoms with E-state index in [1.165, 1.54) is 0 Å². The van der Waals surface area contributed by atoms with Crippen LogP contribution in [-0.2, 0) is 19.0 Å². The Morgan fingerprint density at radius 2 is 1.25 bits per heavy atom. The normalized spacial score (nSPS) is 24.1. The van der Waals surface area contributed by atoms with Gasteiger partial charge in [-0.1, -0.05) is 76.0 Å². The smallest absolute Gasteiger partial charge is 0.182 e. The van der Waals surface area contributed by atoms with Gasteiger partial charge in [0.1, 0.15) is 17.6 Å². The Balaban J connectivity index is 2.21. The summed E-state index contributed by atoms with van der Waals surface area (Å²) in [7, 11) is 0. The van der Waals surface area contributed by atoms with E-state index in [1.54, 1.807) is 0 Å². The summed E-state index contributed by atoms with van der Waals surface area (Å²) in [6.45, 7) is 11.5. The number of halogens is 1. The SMILES string of the molecule is CCCCOC[C@H]1C(=O)[C@@H](Oc2ccc(OCCCC)cc2)[C@H](I)[C@@H](OCCCC)[C@@H]1OCCCC. The van der Waals surface area contributed by atoms with Crippen LogP contribution in [0.5, 0.6) is 11.5 Å².